The van der Waals surface area contributed by atoms with Crippen molar-refractivity contribution in [2.75, 3.05) is 30.1 Å². The summed E-state index contributed by atoms with van der Waals surface area (Å²) >= 11 is 1.75. The van der Waals surface area contributed by atoms with Gasteiger partial charge in [0.15, 0.2) is 5.16 Å². The van der Waals surface area contributed by atoms with Crippen LogP contribution in [0.15, 0.2) is 41.6 Å². The number of amides is 1. The van der Waals surface area contributed by atoms with Crippen molar-refractivity contribution < 1.29 is 4.79 Å². The van der Waals surface area contributed by atoms with Crippen LogP contribution in [0.3, 0.4) is 0 Å². The van der Waals surface area contributed by atoms with Crippen LogP contribution in [0, 0.1) is 0 Å². The molecule has 0 saturated heterocycles. The molecule has 0 unspecified atom stereocenters. The molecule has 5 nitrogen and oxygen atoms in total. The maximum atomic E-state index is 12.7. The Morgan fingerprint density at radius 2 is 1.73 bits per heavy atom. The number of nitrogens with one attached hydrogen (secondary N) is 2. The second-order valence-electron chi connectivity index (χ2n) is 9.47. The third-order valence-electron chi connectivity index (χ3n) is 5.88. The lowest BCUT2D eigenvalue weighted by Crippen LogP contribution is -2.15. The summed E-state index contributed by atoms with van der Waals surface area (Å²) in [6.45, 7) is 8.71. The third kappa shape index (κ3) is 6.76. The number of rotatable bonds is 11. The van der Waals surface area contributed by atoms with Gasteiger partial charge in [0.25, 0.3) is 0 Å². The number of para-hydroxylation sites is 1. The Kier molecular flexibility index (Phi) is 8.84. The first kappa shape index (κ1) is 25.2. The molecule has 2 aromatic carbocycles. The second-order valence-corrected chi connectivity index (χ2v) is 10.5. The van der Waals surface area contributed by atoms with Gasteiger partial charge >= 0.3 is 0 Å². The van der Waals surface area contributed by atoms with Crippen molar-refractivity contribution in [2.45, 2.75) is 70.4 Å². The minimum Gasteiger partial charge on any atom is -0.378 e. The molecule has 1 amide bonds. The van der Waals surface area contributed by atoms with E-state index in [9.17, 15) is 4.79 Å². The summed E-state index contributed by atoms with van der Waals surface area (Å²) in [5.74, 6) is 1.87. The van der Waals surface area contributed by atoms with Gasteiger partial charge in [-0.1, -0.05) is 64.1 Å². The molecule has 0 fully saturated rings. The van der Waals surface area contributed by atoms with Crippen molar-refractivity contribution >= 4 is 40.1 Å². The van der Waals surface area contributed by atoms with Crippen molar-refractivity contribution in [3.8, 4) is 0 Å². The van der Waals surface area contributed by atoms with Gasteiger partial charge in [-0.2, -0.15) is 0 Å². The minimum atomic E-state index is 0.117. The zero-order valence-electron chi connectivity index (χ0n) is 20.9. The van der Waals surface area contributed by atoms with E-state index >= 15 is 0 Å². The van der Waals surface area contributed by atoms with Crippen LogP contribution in [0.4, 0.5) is 11.4 Å². The van der Waals surface area contributed by atoms with E-state index in [0.29, 0.717) is 18.3 Å². The molecule has 1 aromatic heterocycles. The molecule has 0 spiro atoms. The molecule has 0 aliphatic rings. The summed E-state index contributed by atoms with van der Waals surface area (Å²) in [4.78, 5) is 22.8. The van der Waals surface area contributed by atoms with E-state index in [0.717, 1.165) is 52.6 Å². The number of fused-ring (bicyclic) bond motifs is 1. The molecule has 3 rings (SSSR count). The molecule has 0 atom stereocenters. The number of carbonyl (C=O) groups is 1. The number of imidazole rings is 1. The van der Waals surface area contributed by atoms with E-state index in [2.05, 4.69) is 84.3 Å². The lowest BCUT2D eigenvalue weighted by atomic mass is 9.92. The van der Waals surface area contributed by atoms with Gasteiger partial charge in [0.1, 0.15) is 0 Å². The van der Waals surface area contributed by atoms with Gasteiger partial charge in [0.2, 0.25) is 5.91 Å². The molecule has 178 valence electrons. The first-order chi connectivity index (χ1) is 15.8. The quantitative estimate of drug-likeness (QED) is 0.232. The van der Waals surface area contributed by atoms with Crippen LogP contribution in [-0.4, -0.2) is 35.7 Å². The molecule has 1 heterocycles. The summed E-state index contributed by atoms with van der Waals surface area (Å²) < 4.78 is 0. The fourth-order valence-electron chi connectivity index (χ4n) is 3.95. The van der Waals surface area contributed by atoms with Gasteiger partial charge in [0, 0.05) is 37.6 Å². The summed E-state index contributed by atoms with van der Waals surface area (Å²) in [5.41, 5.74) is 6.69. The Bertz CT molecular complexity index is 1040. The first-order valence-electron chi connectivity index (χ1n) is 12.0. The van der Waals surface area contributed by atoms with Crippen LogP contribution in [-0.2, 0) is 4.79 Å². The van der Waals surface area contributed by atoms with Gasteiger partial charge in [0.05, 0.1) is 11.0 Å². The first-order valence-corrected chi connectivity index (χ1v) is 13.0. The molecular formula is C27H38N4OS. The number of carbonyl (C=O) groups excluding carboxylic acids is 1. The molecule has 33 heavy (non-hydrogen) atoms. The Morgan fingerprint density at radius 1 is 1.03 bits per heavy atom. The predicted molar refractivity (Wildman–Crippen MR) is 143 cm³/mol. The van der Waals surface area contributed by atoms with E-state index in [4.69, 9.17) is 0 Å². The number of nitrogens with zero attached hydrogens (tertiary/aromatic N) is 2. The number of aromatic amines is 1. The van der Waals surface area contributed by atoms with Gasteiger partial charge in [-0.3, -0.25) is 4.79 Å². The van der Waals surface area contributed by atoms with Crippen LogP contribution in [0.25, 0.3) is 11.0 Å². The van der Waals surface area contributed by atoms with Gasteiger partial charge in [-0.15, -0.1) is 0 Å². The lowest BCUT2D eigenvalue weighted by molar-refractivity contribution is -0.116. The van der Waals surface area contributed by atoms with Crippen molar-refractivity contribution in [3.63, 3.8) is 0 Å². The van der Waals surface area contributed by atoms with Gasteiger partial charge in [-0.05, 0) is 54.0 Å². The highest BCUT2D eigenvalue weighted by Crippen LogP contribution is 2.32. The van der Waals surface area contributed by atoms with E-state index in [-0.39, 0.29) is 5.91 Å². The van der Waals surface area contributed by atoms with Crippen molar-refractivity contribution in [1.82, 2.24) is 9.97 Å². The highest BCUT2D eigenvalue weighted by atomic mass is 32.2. The Hall–Kier alpha value is -2.47. The predicted octanol–water partition coefficient (Wildman–Crippen LogP) is 7.17. The minimum absolute atomic E-state index is 0.117. The number of anilines is 2. The average molecular weight is 467 g/mol. The standard InChI is InChI=1S/C27H38N4OS/c1-18(2)21-11-10-12-22(19(3)4)26(21)30-25(32)13-8-7-9-16-33-27-28-23-15-14-20(31(5)6)17-24(23)29-27/h10-12,14-15,17-19H,7-9,13,16H2,1-6H3,(H,28,29)(H,30,32). The topological polar surface area (TPSA) is 61.0 Å². The summed E-state index contributed by atoms with van der Waals surface area (Å²) in [6.07, 6.45) is 3.57. The molecule has 0 aliphatic carbocycles. The maximum Gasteiger partial charge on any atom is 0.224 e. The molecule has 0 bridgehead atoms. The number of benzene rings is 2. The van der Waals surface area contributed by atoms with Crippen LogP contribution < -0.4 is 10.2 Å². The van der Waals surface area contributed by atoms with E-state index < -0.39 is 0 Å². The van der Waals surface area contributed by atoms with E-state index in [1.165, 1.54) is 11.1 Å². The lowest BCUT2D eigenvalue weighted by Gasteiger charge is -2.20. The highest BCUT2D eigenvalue weighted by Gasteiger charge is 2.15. The van der Waals surface area contributed by atoms with Crippen LogP contribution in [0.2, 0.25) is 0 Å². The van der Waals surface area contributed by atoms with Crippen LogP contribution >= 0.6 is 11.8 Å². The summed E-state index contributed by atoms with van der Waals surface area (Å²) in [7, 11) is 4.08. The van der Waals surface area contributed by atoms with E-state index in [1.807, 2.05) is 14.1 Å². The van der Waals surface area contributed by atoms with Crippen LogP contribution in [0.1, 0.15) is 76.3 Å². The summed E-state index contributed by atoms with van der Waals surface area (Å²) in [5, 5.41) is 4.19. The van der Waals surface area contributed by atoms with Crippen LogP contribution in [0.5, 0.6) is 0 Å². The summed E-state index contributed by atoms with van der Waals surface area (Å²) in [6, 6.07) is 12.6. The molecule has 0 radical (unpaired) electrons. The molecule has 0 aliphatic heterocycles. The third-order valence-corrected chi connectivity index (χ3v) is 6.84. The second kappa shape index (κ2) is 11.6. The fraction of sp³-hybridized carbons (Fsp3) is 0.481. The Labute approximate surface area is 202 Å². The zero-order valence-corrected chi connectivity index (χ0v) is 21.7. The number of hydrogen-bond acceptors (Lipinski definition) is 4. The number of hydrogen-bond donors (Lipinski definition) is 2. The highest BCUT2D eigenvalue weighted by molar-refractivity contribution is 7.99. The number of H-pyrrole nitrogens is 1. The Balaban J connectivity index is 1.44. The van der Waals surface area contributed by atoms with E-state index in [1.54, 1.807) is 11.8 Å². The smallest absolute Gasteiger partial charge is 0.224 e. The normalized spacial score (nSPS) is 11.5. The largest absolute Gasteiger partial charge is 0.378 e. The SMILES string of the molecule is CC(C)c1cccc(C(C)C)c1NC(=O)CCCCCSc1nc2ccc(N(C)C)cc2[nH]1. The number of unbranched alkanes of at least 4 members (excludes halogenated alkanes) is 2. The maximum absolute atomic E-state index is 12.7. The molecule has 0 saturated carbocycles. The van der Waals surface area contributed by atoms with Crippen molar-refractivity contribution in [2.24, 2.45) is 0 Å². The Morgan fingerprint density at radius 3 is 2.36 bits per heavy atom. The molecule has 2 N–H and O–H groups in total. The number of thioether (sulfide) groups is 1. The monoisotopic (exact) mass is 466 g/mol. The molecule has 6 heteroatoms. The molecule has 3 aromatic rings. The van der Waals surface area contributed by atoms with Crippen molar-refractivity contribution in [3.05, 3.63) is 47.5 Å². The number of aromatic nitrogens is 2. The van der Waals surface area contributed by atoms with Gasteiger partial charge in [-0.25, -0.2) is 4.98 Å². The fourth-order valence-corrected chi connectivity index (χ4v) is 4.84. The molecular weight excluding hydrogens is 428 g/mol. The van der Waals surface area contributed by atoms with Crippen molar-refractivity contribution in [1.29, 1.82) is 0 Å². The van der Waals surface area contributed by atoms with Gasteiger partial charge < -0.3 is 15.2 Å². The zero-order chi connectivity index (χ0) is 24.0. The average Bonchev–Trinajstić information content (AvgIpc) is 3.17.